The predicted molar refractivity (Wildman–Crippen MR) is 103 cm³/mol. The zero-order valence-electron chi connectivity index (χ0n) is 16.2. The third-order valence-corrected chi connectivity index (χ3v) is 5.13. The molecule has 3 rings (SSSR count). The third-order valence-electron chi connectivity index (χ3n) is 5.13. The van der Waals surface area contributed by atoms with E-state index in [1.54, 1.807) is 0 Å². The van der Waals surface area contributed by atoms with Gasteiger partial charge in [0.25, 0.3) is 5.91 Å². The Bertz CT molecular complexity index is 836. The summed E-state index contributed by atoms with van der Waals surface area (Å²) in [6.07, 6.45) is 2.67. The molecule has 1 aromatic carbocycles. The molecule has 0 aliphatic carbocycles. The van der Waals surface area contributed by atoms with Crippen molar-refractivity contribution in [2.75, 3.05) is 13.1 Å². The fourth-order valence-electron chi connectivity index (χ4n) is 3.89. The molecule has 2 heterocycles. The Morgan fingerprint density at radius 1 is 1.15 bits per heavy atom. The first-order chi connectivity index (χ1) is 12.8. The molecule has 6 nitrogen and oxygen atoms in total. The van der Waals surface area contributed by atoms with Gasteiger partial charge in [0.2, 0.25) is 0 Å². The van der Waals surface area contributed by atoms with Gasteiger partial charge in [-0.2, -0.15) is 5.10 Å². The van der Waals surface area contributed by atoms with E-state index in [1.165, 1.54) is 0 Å². The second-order valence-corrected chi connectivity index (χ2v) is 7.62. The van der Waals surface area contributed by atoms with E-state index in [1.807, 2.05) is 36.4 Å². The molecule has 1 fully saturated rings. The summed E-state index contributed by atoms with van der Waals surface area (Å²) >= 11 is 0. The molecule has 144 valence electrons. The van der Waals surface area contributed by atoms with Gasteiger partial charge in [-0.05, 0) is 75.3 Å². The Labute approximate surface area is 159 Å². The molecule has 0 spiro atoms. The molecule has 0 radical (unpaired) electrons. The zero-order chi connectivity index (χ0) is 19.6. The smallest absolute Gasteiger partial charge is 0.303 e. The molecular formula is C21H27N3O3. The third kappa shape index (κ3) is 4.56. The Balaban J connectivity index is 1.76. The van der Waals surface area contributed by atoms with Crippen LogP contribution < -0.4 is 0 Å². The summed E-state index contributed by atoms with van der Waals surface area (Å²) in [5, 5.41) is 13.5. The van der Waals surface area contributed by atoms with Crippen molar-refractivity contribution in [3.63, 3.8) is 0 Å². The number of amides is 1. The number of carboxylic acids is 1. The van der Waals surface area contributed by atoms with E-state index < -0.39 is 5.97 Å². The van der Waals surface area contributed by atoms with Crippen molar-refractivity contribution in [2.45, 2.75) is 46.5 Å². The highest BCUT2D eigenvalue weighted by Gasteiger charge is 2.26. The van der Waals surface area contributed by atoms with E-state index >= 15 is 0 Å². The fraction of sp³-hybridized carbons (Fsp3) is 0.476. The van der Waals surface area contributed by atoms with Gasteiger partial charge < -0.3 is 10.0 Å². The zero-order valence-corrected chi connectivity index (χ0v) is 16.2. The quantitative estimate of drug-likeness (QED) is 0.875. The topological polar surface area (TPSA) is 75.4 Å². The second-order valence-electron chi connectivity index (χ2n) is 7.62. The fourth-order valence-corrected chi connectivity index (χ4v) is 3.89. The molecular weight excluding hydrogens is 342 g/mol. The van der Waals surface area contributed by atoms with Gasteiger partial charge in [-0.25, -0.2) is 4.68 Å². The molecule has 1 N–H and O–H groups in total. The first kappa shape index (κ1) is 19.1. The van der Waals surface area contributed by atoms with Crippen molar-refractivity contribution in [1.82, 2.24) is 14.7 Å². The lowest BCUT2D eigenvalue weighted by Gasteiger charge is -2.32. The first-order valence-corrected chi connectivity index (χ1v) is 9.50. The Kier molecular flexibility index (Phi) is 5.63. The number of aryl methyl sites for hydroxylation is 3. The average Bonchev–Trinajstić information content (AvgIpc) is 3.00. The Morgan fingerprint density at radius 3 is 2.52 bits per heavy atom. The molecule has 1 atom stereocenters. The summed E-state index contributed by atoms with van der Waals surface area (Å²) in [6.45, 7) is 7.37. The normalized spacial score (nSPS) is 17.1. The number of aliphatic carboxylic acids is 1. The van der Waals surface area contributed by atoms with Crippen LogP contribution in [-0.2, 0) is 4.79 Å². The molecule has 6 heteroatoms. The van der Waals surface area contributed by atoms with Crippen LogP contribution in [0.25, 0.3) is 5.69 Å². The number of nitrogens with zero attached hydrogens (tertiary/aromatic N) is 3. The highest BCUT2D eigenvalue weighted by molar-refractivity contribution is 5.92. The number of carboxylic acid groups (broad SMARTS) is 1. The number of benzene rings is 1. The molecule has 1 saturated heterocycles. The maximum absolute atomic E-state index is 12.9. The van der Waals surface area contributed by atoms with Crippen molar-refractivity contribution < 1.29 is 14.7 Å². The number of carbonyl (C=O) groups excluding carboxylic acids is 1. The number of hydrogen-bond donors (Lipinski definition) is 1. The van der Waals surface area contributed by atoms with Crippen LogP contribution in [0.15, 0.2) is 24.3 Å². The van der Waals surface area contributed by atoms with Gasteiger partial charge >= 0.3 is 5.97 Å². The summed E-state index contributed by atoms with van der Waals surface area (Å²) < 4.78 is 1.82. The maximum atomic E-state index is 12.9. The van der Waals surface area contributed by atoms with Crippen LogP contribution in [0.5, 0.6) is 0 Å². The summed E-state index contributed by atoms with van der Waals surface area (Å²) in [4.78, 5) is 25.6. The number of hydrogen-bond acceptors (Lipinski definition) is 3. The minimum absolute atomic E-state index is 0.0683. The second kappa shape index (κ2) is 7.94. The number of rotatable bonds is 5. The Morgan fingerprint density at radius 2 is 1.85 bits per heavy atom. The van der Waals surface area contributed by atoms with Gasteiger partial charge in [0.15, 0.2) is 5.69 Å². The van der Waals surface area contributed by atoms with Crippen LogP contribution in [0.2, 0.25) is 0 Å². The van der Waals surface area contributed by atoms with Crippen LogP contribution in [-0.4, -0.2) is 44.8 Å². The Hall–Kier alpha value is -2.63. The summed E-state index contributed by atoms with van der Waals surface area (Å²) in [6, 6.07) is 8.06. The van der Waals surface area contributed by atoms with Gasteiger partial charge in [0, 0.05) is 25.2 Å². The van der Waals surface area contributed by atoms with Gasteiger partial charge in [-0.1, -0.05) is 6.07 Å². The lowest BCUT2D eigenvalue weighted by molar-refractivity contribution is -0.137. The lowest BCUT2D eigenvalue weighted by atomic mass is 9.93. The number of likely N-dealkylation sites (tertiary alicyclic amines) is 1. The van der Waals surface area contributed by atoms with E-state index in [2.05, 4.69) is 23.3 Å². The monoisotopic (exact) mass is 369 g/mol. The number of piperidine rings is 1. The van der Waals surface area contributed by atoms with Gasteiger partial charge in [-0.15, -0.1) is 0 Å². The highest BCUT2D eigenvalue weighted by atomic mass is 16.4. The van der Waals surface area contributed by atoms with E-state index in [0.717, 1.165) is 35.3 Å². The van der Waals surface area contributed by atoms with Crippen LogP contribution in [0, 0.1) is 26.7 Å². The molecule has 1 aliphatic rings. The van der Waals surface area contributed by atoms with Crippen molar-refractivity contribution in [3.05, 3.63) is 46.8 Å². The largest absolute Gasteiger partial charge is 0.481 e. The molecule has 27 heavy (non-hydrogen) atoms. The van der Waals surface area contributed by atoms with Crippen molar-refractivity contribution in [3.8, 4) is 5.69 Å². The highest BCUT2D eigenvalue weighted by Crippen LogP contribution is 2.23. The van der Waals surface area contributed by atoms with E-state index in [9.17, 15) is 9.59 Å². The van der Waals surface area contributed by atoms with E-state index in [4.69, 9.17) is 5.11 Å². The molecule has 1 unspecified atom stereocenters. The first-order valence-electron chi connectivity index (χ1n) is 9.50. The molecule has 0 saturated carbocycles. The predicted octanol–water partition coefficient (Wildman–Crippen LogP) is 3.51. The summed E-state index contributed by atoms with van der Waals surface area (Å²) in [5.74, 6) is -0.594. The summed E-state index contributed by atoms with van der Waals surface area (Å²) in [7, 11) is 0. The number of aromatic nitrogens is 2. The molecule has 1 amide bonds. The van der Waals surface area contributed by atoms with Crippen LogP contribution >= 0.6 is 0 Å². The SMILES string of the molecule is Cc1cc(C)cc(-n2nc(C(=O)N3CCCC(CCC(=O)O)C3)cc2C)c1. The van der Waals surface area contributed by atoms with E-state index in [-0.39, 0.29) is 18.2 Å². The van der Waals surface area contributed by atoms with Gasteiger partial charge in [0.1, 0.15) is 0 Å². The maximum Gasteiger partial charge on any atom is 0.303 e. The van der Waals surface area contributed by atoms with Crippen molar-refractivity contribution in [2.24, 2.45) is 5.92 Å². The molecule has 1 aliphatic heterocycles. The number of carbonyl (C=O) groups is 2. The van der Waals surface area contributed by atoms with Gasteiger partial charge in [-0.3, -0.25) is 9.59 Å². The molecule has 0 bridgehead atoms. The standard InChI is InChI=1S/C21H27N3O3/c1-14-9-15(2)11-18(10-14)24-16(3)12-19(22-24)21(27)23-8-4-5-17(13-23)6-7-20(25)26/h9-12,17H,4-8,13H2,1-3H3,(H,25,26). The minimum atomic E-state index is -0.777. The summed E-state index contributed by atoms with van der Waals surface area (Å²) in [5.41, 5.74) is 4.64. The van der Waals surface area contributed by atoms with Crippen LogP contribution in [0.4, 0.5) is 0 Å². The molecule has 2 aromatic rings. The van der Waals surface area contributed by atoms with Crippen molar-refractivity contribution in [1.29, 1.82) is 0 Å². The lowest BCUT2D eigenvalue weighted by Crippen LogP contribution is -2.40. The molecule has 1 aromatic heterocycles. The van der Waals surface area contributed by atoms with E-state index in [0.29, 0.717) is 25.2 Å². The van der Waals surface area contributed by atoms with Crippen LogP contribution in [0.3, 0.4) is 0 Å². The van der Waals surface area contributed by atoms with Crippen molar-refractivity contribution >= 4 is 11.9 Å². The van der Waals surface area contributed by atoms with Crippen LogP contribution in [0.1, 0.15) is 53.0 Å². The average molecular weight is 369 g/mol. The van der Waals surface area contributed by atoms with Gasteiger partial charge in [0.05, 0.1) is 5.69 Å². The minimum Gasteiger partial charge on any atom is -0.481 e.